The second-order valence-electron chi connectivity index (χ2n) is 14.4. The average Bonchev–Trinajstić information content (AvgIpc) is 3.14. The van der Waals surface area contributed by atoms with Crippen LogP contribution in [0.4, 0.5) is 0 Å². The number of thioether (sulfide) groups is 1. The van der Waals surface area contributed by atoms with Crippen molar-refractivity contribution >= 4 is 37.2 Å². The summed E-state index contributed by atoms with van der Waals surface area (Å²) in [5.74, 6) is 0.439. The lowest BCUT2D eigenvalue weighted by Gasteiger charge is -2.19. The van der Waals surface area contributed by atoms with Gasteiger partial charge in [0.15, 0.2) is 0 Å². The molecule has 0 radical (unpaired) electrons. The predicted molar refractivity (Wildman–Crippen MR) is 220 cm³/mol. The molecule has 0 spiro atoms. The summed E-state index contributed by atoms with van der Waals surface area (Å²) in [6, 6.07) is 6.56. The smallest absolute Gasteiger partial charge is 0.325 e. The number of amides is 1. The van der Waals surface area contributed by atoms with Crippen LogP contribution in [0.15, 0.2) is 24.3 Å². The number of carbonyl (C=O) groups excluding carboxylic acids is 3. The standard InChI is InChI=1S/C41H73N2O9PS/c1-3-5-7-9-11-13-15-17-19-22-39(44)51-32-37(52-40(45)23-20-18-16-14-12-10-8-6-4-2)33-54-34-38(42)41(46)43-29-28-35-24-26-36(27-25-35)50-30-21-31-53(47,48)49/h24-27,37-38H,3-23,28-34,42H2,1-2H3,(H,43,46)(H2,47,48,49)/t37-,38+/m1/s1. The molecule has 13 heteroatoms. The summed E-state index contributed by atoms with van der Waals surface area (Å²) in [6.07, 6.45) is 21.6. The fourth-order valence-corrected chi connectivity index (χ4v) is 7.36. The van der Waals surface area contributed by atoms with Gasteiger partial charge < -0.3 is 35.0 Å². The van der Waals surface area contributed by atoms with Crippen LogP contribution in [0.5, 0.6) is 5.75 Å². The van der Waals surface area contributed by atoms with Crippen molar-refractivity contribution in [1.82, 2.24) is 5.32 Å². The molecule has 0 heterocycles. The van der Waals surface area contributed by atoms with Crippen molar-refractivity contribution in [3.63, 3.8) is 0 Å². The average molecular weight is 801 g/mol. The van der Waals surface area contributed by atoms with Gasteiger partial charge >= 0.3 is 19.5 Å². The summed E-state index contributed by atoms with van der Waals surface area (Å²) in [4.78, 5) is 55.8. The van der Waals surface area contributed by atoms with Gasteiger partial charge in [0, 0.05) is 30.9 Å². The minimum Gasteiger partial charge on any atom is -0.494 e. The van der Waals surface area contributed by atoms with Crippen molar-refractivity contribution in [2.24, 2.45) is 5.73 Å². The monoisotopic (exact) mass is 800 g/mol. The molecule has 1 amide bonds. The van der Waals surface area contributed by atoms with E-state index in [2.05, 4.69) is 19.2 Å². The second-order valence-corrected chi connectivity index (χ2v) is 17.2. The first-order valence-electron chi connectivity index (χ1n) is 20.8. The Kier molecular flexibility index (Phi) is 30.6. The molecular formula is C41H73N2O9PS. The largest absolute Gasteiger partial charge is 0.494 e. The molecule has 0 aliphatic heterocycles. The van der Waals surface area contributed by atoms with Crippen molar-refractivity contribution in [1.29, 1.82) is 0 Å². The van der Waals surface area contributed by atoms with Crippen molar-refractivity contribution in [2.45, 2.75) is 167 Å². The van der Waals surface area contributed by atoms with Gasteiger partial charge in [-0.25, -0.2) is 0 Å². The zero-order valence-corrected chi connectivity index (χ0v) is 35.2. The molecule has 0 saturated carbocycles. The summed E-state index contributed by atoms with van der Waals surface area (Å²) >= 11 is 1.40. The fourth-order valence-electron chi connectivity index (χ4n) is 5.86. The number of unbranched alkanes of at least 4 members (excludes halogenated alkanes) is 16. The Morgan fingerprint density at radius 3 is 1.80 bits per heavy atom. The normalized spacial score (nSPS) is 12.6. The van der Waals surface area contributed by atoms with Crippen LogP contribution in [0.25, 0.3) is 0 Å². The number of rotatable bonds is 36. The molecule has 0 aromatic heterocycles. The van der Waals surface area contributed by atoms with Crippen LogP contribution in [0, 0.1) is 0 Å². The van der Waals surface area contributed by atoms with Gasteiger partial charge in [-0.3, -0.25) is 18.9 Å². The molecule has 1 rings (SSSR count). The van der Waals surface area contributed by atoms with Crippen LogP contribution in [-0.4, -0.2) is 77.2 Å². The van der Waals surface area contributed by atoms with E-state index in [4.69, 9.17) is 29.7 Å². The Morgan fingerprint density at radius 1 is 0.741 bits per heavy atom. The maximum absolute atomic E-state index is 12.7. The number of ether oxygens (including phenoxy) is 3. The molecule has 0 unspecified atom stereocenters. The lowest BCUT2D eigenvalue weighted by Crippen LogP contribution is -2.43. The highest BCUT2D eigenvalue weighted by atomic mass is 32.2. The van der Waals surface area contributed by atoms with E-state index >= 15 is 0 Å². The highest BCUT2D eigenvalue weighted by Crippen LogP contribution is 2.34. The number of carbonyl (C=O) groups is 3. The summed E-state index contributed by atoms with van der Waals surface area (Å²) in [6.45, 7) is 5.04. The van der Waals surface area contributed by atoms with Crippen molar-refractivity contribution in [2.75, 3.05) is 37.4 Å². The molecule has 312 valence electrons. The number of nitrogens with two attached hydrogens (primary N) is 1. The van der Waals surface area contributed by atoms with Gasteiger partial charge in [0.2, 0.25) is 5.91 Å². The number of hydrogen-bond donors (Lipinski definition) is 4. The van der Waals surface area contributed by atoms with Gasteiger partial charge in [-0.1, -0.05) is 129 Å². The maximum Gasteiger partial charge on any atom is 0.325 e. The number of benzene rings is 1. The fraction of sp³-hybridized carbons (Fsp3) is 0.780. The first kappa shape index (κ1) is 49.9. The third-order valence-corrected chi connectivity index (χ3v) is 11.2. The van der Waals surface area contributed by atoms with Crippen LogP contribution in [0.2, 0.25) is 0 Å². The molecule has 0 fully saturated rings. The molecule has 54 heavy (non-hydrogen) atoms. The number of esters is 2. The van der Waals surface area contributed by atoms with E-state index in [9.17, 15) is 18.9 Å². The third kappa shape index (κ3) is 30.2. The molecule has 1 aromatic rings. The van der Waals surface area contributed by atoms with Gasteiger partial charge in [-0.05, 0) is 43.4 Å². The Balaban J connectivity index is 2.43. The van der Waals surface area contributed by atoms with Gasteiger partial charge in [0.25, 0.3) is 0 Å². The zero-order valence-electron chi connectivity index (χ0n) is 33.4. The van der Waals surface area contributed by atoms with Crippen LogP contribution >= 0.6 is 19.4 Å². The Labute approximate surface area is 330 Å². The van der Waals surface area contributed by atoms with Crippen molar-refractivity contribution < 1.29 is 42.9 Å². The summed E-state index contributed by atoms with van der Waals surface area (Å²) < 4.78 is 27.8. The van der Waals surface area contributed by atoms with E-state index in [1.807, 2.05) is 12.1 Å². The molecule has 0 bridgehead atoms. The molecule has 0 saturated heterocycles. The van der Waals surface area contributed by atoms with Crippen LogP contribution < -0.4 is 15.8 Å². The molecule has 1 aromatic carbocycles. The Bertz CT molecular complexity index is 1150. The van der Waals surface area contributed by atoms with E-state index in [1.165, 1.54) is 88.8 Å². The van der Waals surface area contributed by atoms with Crippen LogP contribution in [0.3, 0.4) is 0 Å². The van der Waals surface area contributed by atoms with E-state index in [0.717, 1.165) is 44.1 Å². The predicted octanol–water partition coefficient (Wildman–Crippen LogP) is 8.65. The van der Waals surface area contributed by atoms with E-state index < -0.39 is 19.7 Å². The van der Waals surface area contributed by atoms with E-state index in [-0.39, 0.29) is 43.6 Å². The lowest BCUT2D eigenvalue weighted by atomic mass is 10.1. The molecular weight excluding hydrogens is 727 g/mol. The quantitative estimate of drug-likeness (QED) is 0.0291. The van der Waals surface area contributed by atoms with Crippen molar-refractivity contribution in [3.05, 3.63) is 29.8 Å². The number of nitrogens with one attached hydrogen (secondary N) is 1. The third-order valence-electron chi connectivity index (χ3n) is 9.13. The first-order chi connectivity index (χ1) is 26.0. The summed E-state index contributed by atoms with van der Waals surface area (Å²) in [5.41, 5.74) is 7.17. The van der Waals surface area contributed by atoms with Crippen molar-refractivity contribution in [3.8, 4) is 5.75 Å². The molecule has 2 atom stereocenters. The molecule has 0 aliphatic rings. The van der Waals surface area contributed by atoms with E-state index in [1.54, 1.807) is 12.1 Å². The minimum atomic E-state index is -4.02. The maximum atomic E-state index is 12.7. The first-order valence-corrected chi connectivity index (χ1v) is 23.7. The van der Waals surface area contributed by atoms with Crippen LogP contribution in [0.1, 0.15) is 154 Å². The lowest BCUT2D eigenvalue weighted by molar-refractivity contribution is -0.157. The molecule has 0 aliphatic carbocycles. The minimum absolute atomic E-state index is 0.00851. The molecule has 5 N–H and O–H groups in total. The zero-order chi connectivity index (χ0) is 39.7. The van der Waals surface area contributed by atoms with Crippen LogP contribution in [-0.2, 0) is 34.8 Å². The van der Waals surface area contributed by atoms with Gasteiger partial charge in [0.1, 0.15) is 18.5 Å². The highest BCUT2D eigenvalue weighted by Gasteiger charge is 2.20. The molecule has 11 nitrogen and oxygen atoms in total. The van der Waals surface area contributed by atoms with E-state index in [0.29, 0.717) is 43.1 Å². The highest BCUT2D eigenvalue weighted by molar-refractivity contribution is 7.99. The summed E-state index contributed by atoms with van der Waals surface area (Å²) in [7, 11) is -4.02. The Morgan fingerprint density at radius 2 is 1.26 bits per heavy atom. The summed E-state index contributed by atoms with van der Waals surface area (Å²) in [5, 5.41) is 2.87. The Hall–Kier alpha value is -2.11. The number of hydrogen-bond acceptors (Lipinski definition) is 9. The SMILES string of the molecule is CCCCCCCCCCCC(=O)OC[C@H](CSC[C@H](N)C(=O)NCCc1ccc(OCCCP(=O)(O)O)cc1)OC(=O)CCCCCCCCCCC. The van der Waals surface area contributed by atoms with Gasteiger partial charge in [0.05, 0.1) is 18.8 Å². The van der Waals surface area contributed by atoms with Gasteiger partial charge in [-0.15, -0.1) is 0 Å². The van der Waals surface area contributed by atoms with Gasteiger partial charge in [-0.2, -0.15) is 11.8 Å². The second kappa shape index (κ2) is 33.1. The topological polar surface area (TPSA) is 174 Å².